The number of rotatable bonds is 4. The van der Waals surface area contributed by atoms with Crippen LogP contribution in [0.5, 0.6) is 0 Å². The van der Waals surface area contributed by atoms with Gasteiger partial charge in [-0.2, -0.15) is 0 Å². The lowest BCUT2D eigenvalue weighted by Gasteiger charge is -2.02. The third kappa shape index (κ3) is 2.93. The maximum Gasteiger partial charge on any atom is 0.275 e. The lowest BCUT2D eigenvalue weighted by molar-refractivity contribution is -0.385. The van der Waals surface area contributed by atoms with Crippen LogP contribution in [0.1, 0.15) is 5.01 Å². The van der Waals surface area contributed by atoms with Crippen LogP contribution in [0.4, 0.5) is 11.5 Å². The molecule has 0 aliphatic rings. The molecule has 7 nitrogen and oxygen atoms in total. The normalized spacial score (nSPS) is 10.3. The van der Waals surface area contributed by atoms with Crippen molar-refractivity contribution in [3.63, 3.8) is 0 Å². The lowest BCUT2D eigenvalue weighted by atomic mass is 10.4. The van der Waals surface area contributed by atoms with Gasteiger partial charge in [-0.1, -0.05) is 11.3 Å². The molecule has 2 aromatic rings. The molecule has 0 spiro atoms. The Morgan fingerprint density at radius 3 is 2.78 bits per heavy atom. The zero-order chi connectivity index (χ0) is 13.1. The van der Waals surface area contributed by atoms with E-state index < -0.39 is 4.92 Å². The molecule has 0 unspecified atom stereocenters. The summed E-state index contributed by atoms with van der Waals surface area (Å²) in [4.78, 5) is 14.6. The van der Waals surface area contributed by atoms with E-state index >= 15 is 0 Å². The number of hydrogen-bond donors (Lipinski definition) is 1. The molecule has 0 bridgehead atoms. The molecular formula is C9H9N5O2S2. The number of anilines is 1. The van der Waals surface area contributed by atoms with Gasteiger partial charge < -0.3 is 5.32 Å². The first-order chi connectivity index (χ1) is 8.58. The van der Waals surface area contributed by atoms with Crippen LogP contribution in [0.3, 0.4) is 0 Å². The summed E-state index contributed by atoms with van der Waals surface area (Å²) in [6.45, 7) is 1.85. The van der Waals surface area contributed by atoms with Gasteiger partial charge in [0.2, 0.25) is 0 Å². The fourth-order valence-corrected chi connectivity index (χ4v) is 2.97. The van der Waals surface area contributed by atoms with Crippen molar-refractivity contribution in [1.82, 2.24) is 15.2 Å². The summed E-state index contributed by atoms with van der Waals surface area (Å²) in [5.74, 6) is 0.452. The summed E-state index contributed by atoms with van der Waals surface area (Å²) >= 11 is 2.68. The summed E-state index contributed by atoms with van der Waals surface area (Å²) < 4.78 is 0.711. The van der Waals surface area contributed by atoms with Gasteiger partial charge in [-0.3, -0.25) is 10.1 Å². The van der Waals surface area contributed by atoms with E-state index in [0.717, 1.165) is 5.01 Å². The molecule has 0 amide bonds. The summed E-state index contributed by atoms with van der Waals surface area (Å²) in [5, 5.41) is 22.8. The molecule has 0 atom stereocenters. The maximum atomic E-state index is 10.8. The quantitative estimate of drug-likeness (QED) is 0.679. The predicted molar refractivity (Wildman–Crippen MR) is 69.2 cm³/mol. The molecule has 1 N–H and O–H groups in total. The van der Waals surface area contributed by atoms with Crippen molar-refractivity contribution in [2.75, 3.05) is 12.4 Å². The molecule has 0 fully saturated rings. The van der Waals surface area contributed by atoms with Gasteiger partial charge in [-0.25, -0.2) is 4.98 Å². The van der Waals surface area contributed by atoms with Gasteiger partial charge in [-0.05, 0) is 18.7 Å². The van der Waals surface area contributed by atoms with Gasteiger partial charge in [-0.15, -0.1) is 10.2 Å². The Morgan fingerprint density at radius 1 is 1.44 bits per heavy atom. The predicted octanol–water partition coefficient (Wildman–Crippen LogP) is 2.34. The average Bonchev–Trinajstić information content (AvgIpc) is 2.74. The van der Waals surface area contributed by atoms with Crippen LogP contribution < -0.4 is 5.32 Å². The van der Waals surface area contributed by atoms with Gasteiger partial charge in [0.05, 0.1) is 11.0 Å². The standard InChI is InChI=1S/C9H9N5O2S2/c1-5-12-13-9(17-5)18-8-4-6(14(15)16)3-7(10-2)11-8/h3-4H,1-2H3,(H,10,11). The smallest absolute Gasteiger partial charge is 0.275 e. The number of aryl methyl sites for hydroxylation is 1. The van der Waals surface area contributed by atoms with Crippen LogP contribution in [0.15, 0.2) is 21.5 Å². The van der Waals surface area contributed by atoms with Crippen molar-refractivity contribution in [1.29, 1.82) is 0 Å². The highest BCUT2D eigenvalue weighted by Crippen LogP contribution is 2.31. The van der Waals surface area contributed by atoms with E-state index in [1.54, 1.807) is 7.05 Å². The Kier molecular flexibility index (Phi) is 3.72. The molecule has 0 saturated heterocycles. The highest BCUT2D eigenvalue weighted by Gasteiger charge is 2.13. The lowest BCUT2D eigenvalue weighted by Crippen LogP contribution is -1.96. The topological polar surface area (TPSA) is 93.8 Å². The minimum Gasteiger partial charge on any atom is -0.373 e. The number of nitrogens with zero attached hydrogens (tertiary/aromatic N) is 4. The second kappa shape index (κ2) is 5.27. The number of nitro groups is 1. The molecule has 2 aromatic heterocycles. The first-order valence-electron chi connectivity index (χ1n) is 4.90. The van der Waals surface area contributed by atoms with Crippen LogP contribution in [0.25, 0.3) is 0 Å². The molecular weight excluding hydrogens is 274 g/mol. The molecule has 2 heterocycles. The second-order valence-electron chi connectivity index (χ2n) is 3.24. The highest BCUT2D eigenvalue weighted by molar-refractivity contribution is 8.01. The van der Waals surface area contributed by atoms with Crippen LogP contribution in [0, 0.1) is 17.0 Å². The van der Waals surface area contributed by atoms with Crippen molar-refractivity contribution < 1.29 is 4.92 Å². The Labute approximate surface area is 111 Å². The fourth-order valence-electron chi connectivity index (χ4n) is 1.19. The first-order valence-corrected chi connectivity index (χ1v) is 6.54. The minimum absolute atomic E-state index is 0.00177. The van der Waals surface area contributed by atoms with E-state index in [0.29, 0.717) is 15.2 Å². The molecule has 0 aromatic carbocycles. The molecule has 9 heteroatoms. The zero-order valence-electron chi connectivity index (χ0n) is 9.58. The Hall–Kier alpha value is -1.74. The van der Waals surface area contributed by atoms with Crippen LogP contribution >= 0.6 is 23.1 Å². The van der Waals surface area contributed by atoms with E-state index in [2.05, 4.69) is 20.5 Å². The Bertz CT molecular complexity index is 586. The van der Waals surface area contributed by atoms with E-state index in [1.165, 1.54) is 35.2 Å². The van der Waals surface area contributed by atoms with Crippen molar-refractivity contribution in [2.45, 2.75) is 16.3 Å². The number of hydrogen-bond acceptors (Lipinski definition) is 8. The molecule has 0 saturated carbocycles. The SMILES string of the molecule is CNc1cc([N+](=O)[O-])cc(Sc2nnc(C)s2)n1. The van der Waals surface area contributed by atoms with E-state index in [1.807, 2.05) is 6.92 Å². The summed E-state index contributed by atoms with van der Waals surface area (Å²) in [6, 6.07) is 2.80. The Balaban J connectivity index is 2.32. The van der Waals surface area contributed by atoms with E-state index in [9.17, 15) is 10.1 Å². The molecule has 2 rings (SSSR count). The molecule has 18 heavy (non-hydrogen) atoms. The minimum atomic E-state index is -0.446. The second-order valence-corrected chi connectivity index (χ2v) is 5.69. The monoisotopic (exact) mass is 283 g/mol. The average molecular weight is 283 g/mol. The summed E-state index contributed by atoms with van der Waals surface area (Å²) in [7, 11) is 1.66. The van der Waals surface area contributed by atoms with Crippen molar-refractivity contribution in [3.05, 3.63) is 27.3 Å². The first kappa shape index (κ1) is 12.7. The van der Waals surface area contributed by atoms with Gasteiger partial charge in [0.25, 0.3) is 5.69 Å². The van der Waals surface area contributed by atoms with E-state index in [4.69, 9.17) is 0 Å². The third-order valence-corrected chi connectivity index (χ3v) is 3.76. The summed E-state index contributed by atoms with van der Waals surface area (Å²) in [6.07, 6.45) is 0. The van der Waals surface area contributed by atoms with E-state index in [-0.39, 0.29) is 5.69 Å². The van der Waals surface area contributed by atoms with Gasteiger partial charge >= 0.3 is 0 Å². The number of pyridine rings is 1. The largest absolute Gasteiger partial charge is 0.373 e. The molecule has 0 aliphatic carbocycles. The highest BCUT2D eigenvalue weighted by atomic mass is 32.2. The van der Waals surface area contributed by atoms with Crippen molar-refractivity contribution in [2.24, 2.45) is 0 Å². The van der Waals surface area contributed by atoms with Crippen LogP contribution in [0.2, 0.25) is 0 Å². The summed E-state index contributed by atoms with van der Waals surface area (Å²) in [5.41, 5.74) is -0.00177. The zero-order valence-corrected chi connectivity index (χ0v) is 11.2. The van der Waals surface area contributed by atoms with Crippen LogP contribution in [-0.2, 0) is 0 Å². The van der Waals surface area contributed by atoms with Gasteiger partial charge in [0.15, 0.2) is 4.34 Å². The van der Waals surface area contributed by atoms with Gasteiger partial charge in [0.1, 0.15) is 15.9 Å². The van der Waals surface area contributed by atoms with Crippen molar-refractivity contribution >= 4 is 34.6 Å². The maximum absolute atomic E-state index is 10.8. The number of aromatic nitrogens is 3. The molecule has 0 radical (unpaired) electrons. The third-order valence-electron chi connectivity index (χ3n) is 1.95. The van der Waals surface area contributed by atoms with Gasteiger partial charge in [0, 0.05) is 13.1 Å². The van der Waals surface area contributed by atoms with Crippen molar-refractivity contribution in [3.8, 4) is 0 Å². The Morgan fingerprint density at radius 2 is 2.22 bits per heavy atom. The number of nitrogens with one attached hydrogen (secondary N) is 1. The fraction of sp³-hybridized carbons (Fsp3) is 0.222. The molecule has 94 valence electrons. The molecule has 0 aliphatic heterocycles. The van der Waals surface area contributed by atoms with Crippen LogP contribution in [-0.4, -0.2) is 27.2 Å².